The van der Waals surface area contributed by atoms with E-state index in [1.807, 2.05) is 44.2 Å². The Labute approximate surface area is 224 Å². The molecule has 0 aliphatic carbocycles. The predicted octanol–water partition coefficient (Wildman–Crippen LogP) is 4.87. The van der Waals surface area contributed by atoms with E-state index in [2.05, 4.69) is 5.32 Å². The fourth-order valence-corrected chi connectivity index (χ4v) is 5.23. The van der Waals surface area contributed by atoms with E-state index in [4.69, 9.17) is 11.6 Å². The Morgan fingerprint density at radius 3 is 2.03 bits per heavy atom. The molecule has 0 heterocycles. The molecule has 2 amide bonds. The fraction of sp³-hybridized carbons (Fsp3) is 0.286. The molecule has 0 aromatic heterocycles. The normalized spacial score (nSPS) is 12.9. The maximum atomic E-state index is 13.8. The molecule has 2 atom stereocenters. The van der Waals surface area contributed by atoms with Gasteiger partial charge in [-0.1, -0.05) is 67.1 Å². The average molecular weight is 542 g/mol. The number of nitrogens with zero attached hydrogens (tertiary/aromatic N) is 2. The first-order chi connectivity index (χ1) is 17.6. The smallest absolute Gasteiger partial charge is 0.264 e. The molecule has 37 heavy (non-hydrogen) atoms. The van der Waals surface area contributed by atoms with Gasteiger partial charge in [-0.2, -0.15) is 0 Å². The number of carbonyl (C=O) groups is 2. The van der Waals surface area contributed by atoms with Gasteiger partial charge in [-0.15, -0.1) is 0 Å². The van der Waals surface area contributed by atoms with Gasteiger partial charge in [0.2, 0.25) is 11.8 Å². The van der Waals surface area contributed by atoms with E-state index in [0.29, 0.717) is 10.7 Å². The van der Waals surface area contributed by atoms with Crippen LogP contribution in [0.15, 0.2) is 89.8 Å². The van der Waals surface area contributed by atoms with Crippen molar-refractivity contribution in [2.45, 2.75) is 50.7 Å². The van der Waals surface area contributed by atoms with Gasteiger partial charge in [0.1, 0.15) is 12.6 Å². The third-order valence-electron chi connectivity index (χ3n) is 6.09. The Hall–Kier alpha value is -3.36. The summed E-state index contributed by atoms with van der Waals surface area (Å²) in [7, 11) is -4.11. The lowest BCUT2D eigenvalue weighted by atomic mass is 10.1. The van der Waals surface area contributed by atoms with Crippen LogP contribution in [0.1, 0.15) is 32.8 Å². The standard InChI is InChI=1S/C28H32ClN3O4S/c1-4-21(2)30-28(34)22(3)31(19-23-11-7-5-8-12-23)27(33)20-32(25-13-9-6-10-14-25)37(35,36)26-17-15-24(29)16-18-26/h5-18,21-22H,4,19-20H2,1-3H3,(H,30,34). The number of hydrogen-bond acceptors (Lipinski definition) is 4. The van der Waals surface area contributed by atoms with Crippen LogP contribution in [0.2, 0.25) is 5.02 Å². The molecule has 7 nitrogen and oxygen atoms in total. The number of nitrogens with one attached hydrogen (secondary N) is 1. The SMILES string of the molecule is CCC(C)NC(=O)C(C)N(Cc1ccccc1)C(=O)CN(c1ccccc1)S(=O)(=O)c1ccc(Cl)cc1. The van der Waals surface area contributed by atoms with Crippen molar-refractivity contribution in [3.8, 4) is 0 Å². The molecule has 196 valence electrons. The highest BCUT2D eigenvalue weighted by Crippen LogP contribution is 2.25. The van der Waals surface area contributed by atoms with E-state index in [-0.39, 0.29) is 23.4 Å². The van der Waals surface area contributed by atoms with Crippen LogP contribution < -0.4 is 9.62 Å². The topological polar surface area (TPSA) is 86.8 Å². The Morgan fingerprint density at radius 2 is 1.46 bits per heavy atom. The first-order valence-electron chi connectivity index (χ1n) is 12.1. The lowest BCUT2D eigenvalue weighted by molar-refractivity contribution is -0.139. The molecule has 0 radical (unpaired) electrons. The van der Waals surface area contributed by atoms with Crippen LogP contribution in [-0.2, 0) is 26.2 Å². The van der Waals surface area contributed by atoms with Crippen molar-refractivity contribution in [1.29, 1.82) is 0 Å². The number of anilines is 1. The Kier molecular flexibility index (Phi) is 9.72. The van der Waals surface area contributed by atoms with Crippen molar-refractivity contribution < 1.29 is 18.0 Å². The van der Waals surface area contributed by atoms with Crippen molar-refractivity contribution >= 4 is 39.1 Å². The first-order valence-corrected chi connectivity index (χ1v) is 13.9. The van der Waals surface area contributed by atoms with Crippen LogP contribution in [0.4, 0.5) is 5.69 Å². The summed E-state index contributed by atoms with van der Waals surface area (Å²) in [4.78, 5) is 28.2. The zero-order valence-corrected chi connectivity index (χ0v) is 22.7. The molecule has 3 aromatic carbocycles. The van der Waals surface area contributed by atoms with Gasteiger partial charge in [0.05, 0.1) is 10.6 Å². The summed E-state index contributed by atoms with van der Waals surface area (Å²) in [6.07, 6.45) is 0.742. The van der Waals surface area contributed by atoms with Gasteiger partial charge in [0, 0.05) is 17.6 Å². The summed E-state index contributed by atoms with van der Waals surface area (Å²) < 4.78 is 28.4. The van der Waals surface area contributed by atoms with Crippen LogP contribution in [0, 0.1) is 0 Å². The van der Waals surface area contributed by atoms with Gasteiger partial charge >= 0.3 is 0 Å². The maximum Gasteiger partial charge on any atom is 0.264 e. The highest BCUT2D eigenvalue weighted by atomic mass is 35.5. The van der Waals surface area contributed by atoms with Gasteiger partial charge < -0.3 is 10.2 Å². The lowest BCUT2D eigenvalue weighted by Crippen LogP contribution is -2.52. The van der Waals surface area contributed by atoms with Gasteiger partial charge in [0.25, 0.3) is 10.0 Å². The first kappa shape index (κ1) is 28.2. The highest BCUT2D eigenvalue weighted by molar-refractivity contribution is 7.92. The van der Waals surface area contributed by atoms with Gasteiger partial charge in [-0.25, -0.2) is 8.42 Å². The van der Waals surface area contributed by atoms with Crippen molar-refractivity contribution in [2.75, 3.05) is 10.8 Å². The summed E-state index contributed by atoms with van der Waals surface area (Å²) in [5.41, 5.74) is 1.16. The molecule has 9 heteroatoms. The largest absolute Gasteiger partial charge is 0.352 e. The quantitative estimate of drug-likeness (QED) is 0.375. The molecule has 0 saturated heterocycles. The summed E-state index contributed by atoms with van der Waals surface area (Å²) in [6, 6.07) is 22.6. The monoisotopic (exact) mass is 541 g/mol. The number of carbonyl (C=O) groups excluding carboxylic acids is 2. The minimum atomic E-state index is -4.11. The van der Waals surface area contributed by atoms with Crippen LogP contribution in [0.3, 0.4) is 0 Å². The predicted molar refractivity (Wildman–Crippen MR) is 147 cm³/mol. The molecule has 0 spiro atoms. The molecule has 0 saturated carbocycles. The zero-order valence-electron chi connectivity index (χ0n) is 21.2. The molecule has 0 fully saturated rings. The Bertz CT molecular complexity index is 1290. The van der Waals surface area contributed by atoms with Gasteiger partial charge in [-0.05, 0) is 62.2 Å². The second-order valence-corrected chi connectivity index (χ2v) is 11.1. The highest BCUT2D eigenvalue weighted by Gasteiger charge is 2.32. The van der Waals surface area contributed by atoms with Gasteiger partial charge in [0.15, 0.2) is 0 Å². The second kappa shape index (κ2) is 12.7. The minimum absolute atomic E-state index is 0.00530. The minimum Gasteiger partial charge on any atom is -0.352 e. The van der Waals surface area contributed by atoms with E-state index in [1.54, 1.807) is 37.3 Å². The van der Waals surface area contributed by atoms with E-state index in [0.717, 1.165) is 16.3 Å². The maximum absolute atomic E-state index is 13.8. The van der Waals surface area contributed by atoms with Crippen molar-refractivity contribution in [3.05, 3.63) is 95.5 Å². The molecule has 3 rings (SSSR count). The number of para-hydroxylation sites is 1. The van der Waals surface area contributed by atoms with Crippen molar-refractivity contribution in [2.24, 2.45) is 0 Å². The molecule has 0 aliphatic rings. The summed E-state index contributed by atoms with van der Waals surface area (Å²) in [5, 5.41) is 3.32. The molecular formula is C28H32ClN3O4S. The Morgan fingerprint density at radius 1 is 0.892 bits per heavy atom. The van der Waals surface area contributed by atoms with Crippen LogP contribution >= 0.6 is 11.6 Å². The van der Waals surface area contributed by atoms with Crippen LogP contribution in [-0.4, -0.2) is 43.8 Å². The van der Waals surface area contributed by atoms with E-state index < -0.39 is 28.5 Å². The molecule has 0 bridgehead atoms. The van der Waals surface area contributed by atoms with Gasteiger partial charge in [-0.3, -0.25) is 13.9 Å². The van der Waals surface area contributed by atoms with E-state index >= 15 is 0 Å². The number of benzene rings is 3. The fourth-order valence-electron chi connectivity index (χ4n) is 3.69. The van der Waals surface area contributed by atoms with E-state index in [1.165, 1.54) is 29.2 Å². The molecule has 1 N–H and O–H groups in total. The third kappa shape index (κ3) is 7.33. The van der Waals surface area contributed by atoms with E-state index in [9.17, 15) is 18.0 Å². The molecular weight excluding hydrogens is 510 g/mol. The van der Waals surface area contributed by atoms with Crippen molar-refractivity contribution in [1.82, 2.24) is 10.2 Å². The average Bonchev–Trinajstić information content (AvgIpc) is 2.91. The zero-order chi connectivity index (χ0) is 27.0. The number of halogens is 1. The van der Waals surface area contributed by atoms with Crippen LogP contribution in [0.25, 0.3) is 0 Å². The molecule has 2 unspecified atom stereocenters. The summed E-state index contributed by atoms with van der Waals surface area (Å²) >= 11 is 5.97. The summed E-state index contributed by atoms with van der Waals surface area (Å²) in [5.74, 6) is -0.803. The Balaban J connectivity index is 1.98. The third-order valence-corrected chi connectivity index (χ3v) is 8.13. The van der Waals surface area contributed by atoms with Crippen molar-refractivity contribution in [3.63, 3.8) is 0 Å². The molecule has 3 aromatic rings. The lowest BCUT2D eigenvalue weighted by Gasteiger charge is -2.32. The number of amides is 2. The van der Waals surface area contributed by atoms with Crippen LogP contribution in [0.5, 0.6) is 0 Å². The second-order valence-electron chi connectivity index (χ2n) is 8.80. The molecule has 0 aliphatic heterocycles. The summed E-state index contributed by atoms with van der Waals surface area (Å²) in [6.45, 7) is 5.17. The number of sulfonamides is 1. The number of rotatable bonds is 11. The number of hydrogen-bond donors (Lipinski definition) is 1.